The number of rotatable bonds is 0. The molecule has 0 saturated heterocycles. The van der Waals surface area contributed by atoms with Gasteiger partial charge < -0.3 is 0 Å². The van der Waals surface area contributed by atoms with E-state index in [1.165, 1.54) is 39.5 Å². The summed E-state index contributed by atoms with van der Waals surface area (Å²) in [7, 11) is -14.8. The van der Waals surface area contributed by atoms with Crippen LogP contribution in [0.1, 0.15) is 39.5 Å². The van der Waals surface area contributed by atoms with Crippen molar-refractivity contribution in [2.75, 3.05) is 0 Å². The zero-order valence-electron chi connectivity index (χ0n) is 15.4. The third-order valence-electron chi connectivity index (χ3n) is 1.33. The summed E-state index contributed by atoms with van der Waals surface area (Å²) in [4.78, 5) is 0. The molecule has 0 aromatic carbocycles. The van der Waals surface area contributed by atoms with Crippen LogP contribution in [-0.2, 0) is 19.5 Å². The minimum absolute atomic E-state index is 0. The third kappa shape index (κ3) is 345. The van der Waals surface area contributed by atoms with Gasteiger partial charge in [-0.25, -0.2) is 55.9 Å². The van der Waals surface area contributed by atoms with E-state index in [9.17, 15) is 0 Å². The van der Waals surface area contributed by atoms with Crippen molar-refractivity contribution in [2.45, 2.75) is 39.5 Å². The van der Waals surface area contributed by atoms with Crippen LogP contribution in [0.2, 0.25) is 0 Å². The van der Waals surface area contributed by atoms with E-state index < -0.39 is 30.7 Å². The number of allylic oxidation sites excluding steroid dienone is 4. The Bertz CT molecular complexity index is 395. The van der Waals surface area contributed by atoms with Crippen molar-refractivity contribution in [2.24, 2.45) is 0 Å². The Morgan fingerprint density at radius 1 is 0.500 bits per heavy atom. The van der Waals surface area contributed by atoms with Gasteiger partial charge in [-0.05, 0) is 25.7 Å². The Morgan fingerprint density at radius 3 is 0.633 bits per heavy atom. The maximum Gasteiger partial charge on any atom is 3.00 e. The monoisotopic (exact) mass is 590 g/mol. The molecule has 0 spiro atoms. The van der Waals surface area contributed by atoms with Crippen LogP contribution < -0.4 is 55.9 Å². The van der Waals surface area contributed by atoms with Gasteiger partial charge >= 0.3 is 19.5 Å². The fourth-order valence-electron chi connectivity index (χ4n) is 0.856. The van der Waals surface area contributed by atoms with Crippen molar-refractivity contribution in [3.8, 4) is 12.1 Å². The van der Waals surface area contributed by atoms with Crippen molar-refractivity contribution in [1.82, 2.24) is 0 Å². The predicted octanol–water partition coefficient (Wildman–Crippen LogP) is -10.5. The second-order valence-corrected chi connectivity index (χ2v) is 5.95. The molecule has 0 aromatic rings. The largest absolute Gasteiger partial charge is 3.00 e. The van der Waals surface area contributed by atoms with Gasteiger partial charge in [-0.2, -0.15) is 10.5 Å². The van der Waals surface area contributed by atoms with Gasteiger partial charge in [0.15, 0.2) is 0 Å². The second-order valence-electron chi connectivity index (χ2n) is 3.68. The molecule has 0 bridgehead atoms. The number of nitrogens with zero attached hydrogens (tertiary/aromatic N) is 2. The van der Waals surface area contributed by atoms with Gasteiger partial charge in [0.1, 0.15) is 0 Å². The van der Waals surface area contributed by atoms with Crippen LogP contribution in [-0.4, -0.2) is 0 Å². The molecular weight excluding hydrogens is 573 g/mol. The fourth-order valence-corrected chi connectivity index (χ4v) is 0.856. The molecule has 30 heavy (non-hydrogen) atoms. The van der Waals surface area contributed by atoms with Crippen molar-refractivity contribution >= 4 is 0 Å². The van der Waals surface area contributed by atoms with E-state index in [2.05, 4.69) is 24.3 Å². The average Bonchev–Trinajstić information content (AvgIpc) is 2.32. The minimum atomic E-state index is -4.94. The summed E-state index contributed by atoms with van der Waals surface area (Å²) >= 11 is 0. The topological polar surface area (TPSA) is 324 Å². The van der Waals surface area contributed by atoms with E-state index in [4.69, 9.17) is 66.4 Å². The van der Waals surface area contributed by atoms with Gasteiger partial charge in [-0.15, -0.1) is 30.7 Å². The minimum Gasteiger partial charge on any atom is -0.222 e. The van der Waals surface area contributed by atoms with Crippen LogP contribution >= 0.6 is 0 Å². The van der Waals surface area contributed by atoms with Gasteiger partial charge in [0.05, 0.1) is 12.1 Å². The van der Waals surface area contributed by atoms with Crippen LogP contribution in [0, 0.1) is 53.4 Å². The van der Waals surface area contributed by atoms with Crippen LogP contribution in [0.25, 0.3) is 0 Å². The standard InChI is InChI=1S/C8H12.2C2H3N.3ClHO4.Rh/c1-2-4-6-8-7-5-3-1;2*1-2-3;3*2-1(3,4)5;/h1-2,7-8H,3-6H2;2*1H3;3*(H,2,3,4,5);/q;;;;;;+3/p-3/b2-1-,8-7-;;;;;;. The normalized spacial score (nSPS) is 14.0. The second kappa shape index (κ2) is 28.5. The van der Waals surface area contributed by atoms with E-state index in [-0.39, 0.29) is 19.5 Å². The first-order valence-electron chi connectivity index (χ1n) is 6.60. The van der Waals surface area contributed by atoms with Crippen molar-refractivity contribution in [3.63, 3.8) is 0 Å². The van der Waals surface area contributed by atoms with Crippen LogP contribution in [0.4, 0.5) is 0 Å². The molecular formula is C12H18Cl3N2O12Rh. The predicted molar refractivity (Wildman–Crippen MR) is 59.3 cm³/mol. The smallest absolute Gasteiger partial charge is 0.222 e. The molecule has 1 rings (SSSR count). The van der Waals surface area contributed by atoms with E-state index in [0.29, 0.717) is 0 Å². The quantitative estimate of drug-likeness (QED) is 0.186. The van der Waals surface area contributed by atoms with Crippen molar-refractivity contribution in [1.29, 1.82) is 10.5 Å². The summed E-state index contributed by atoms with van der Waals surface area (Å²) in [6.07, 6.45) is 14.0. The molecule has 0 N–H and O–H groups in total. The molecule has 0 unspecified atom stereocenters. The Labute approximate surface area is 192 Å². The molecule has 14 nitrogen and oxygen atoms in total. The van der Waals surface area contributed by atoms with Crippen LogP contribution in [0.15, 0.2) is 24.3 Å². The van der Waals surface area contributed by atoms with Gasteiger partial charge in [0, 0.05) is 13.8 Å². The number of hydrogen-bond acceptors (Lipinski definition) is 14. The fraction of sp³-hybridized carbons (Fsp3) is 0.500. The molecule has 0 heterocycles. The molecule has 1 aliphatic carbocycles. The molecule has 0 atom stereocenters. The Balaban J connectivity index is -0.0000000595. The Morgan fingerprint density at radius 2 is 0.567 bits per heavy atom. The summed E-state index contributed by atoms with van der Waals surface area (Å²) in [6.45, 7) is 2.86. The summed E-state index contributed by atoms with van der Waals surface area (Å²) in [5, 5.41) is 14.6. The summed E-state index contributed by atoms with van der Waals surface area (Å²) in [6, 6.07) is 3.50. The molecule has 0 aliphatic heterocycles. The molecule has 178 valence electrons. The number of halogens is 3. The molecule has 18 heteroatoms. The Hall–Kier alpha value is -0.527. The SMILES string of the molecule is C1=C\CC/C=C\CC/1.CC#N.CC#N.[O-][Cl+3]([O-])([O-])[O-].[O-][Cl+3]([O-])([O-])[O-].[O-][Cl+3]([O-])([O-])[O-].[Rh+3]. The van der Waals surface area contributed by atoms with E-state index >= 15 is 0 Å². The summed E-state index contributed by atoms with van der Waals surface area (Å²) in [5.74, 6) is 0. The molecule has 0 radical (unpaired) electrons. The van der Waals surface area contributed by atoms with Crippen LogP contribution in [0.5, 0.6) is 0 Å². The van der Waals surface area contributed by atoms with Crippen molar-refractivity contribution < 1.29 is 106 Å². The van der Waals surface area contributed by atoms with Crippen LogP contribution in [0.3, 0.4) is 0 Å². The molecule has 0 fully saturated rings. The summed E-state index contributed by atoms with van der Waals surface area (Å²) < 4.78 is 102. The molecule has 0 amide bonds. The maximum absolute atomic E-state index is 8.49. The van der Waals surface area contributed by atoms with Gasteiger partial charge in [0.25, 0.3) is 0 Å². The number of nitriles is 2. The van der Waals surface area contributed by atoms with E-state index in [1.54, 1.807) is 12.1 Å². The molecule has 0 aromatic heterocycles. The maximum atomic E-state index is 8.49. The number of hydrogen-bond donors (Lipinski definition) is 0. The van der Waals surface area contributed by atoms with E-state index in [1.807, 2.05) is 0 Å². The van der Waals surface area contributed by atoms with Gasteiger partial charge in [-0.3, -0.25) is 0 Å². The van der Waals surface area contributed by atoms with Gasteiger partial charge in [-0.1, -0.05) is 24.3 Å². The summed E-state index contributed by atoms with van der Waals surface area (Å²) in [5.41, 5.74) is 0. The zero-order valence-corrected chi connectivity index (χ0v) is 19.3. The third-order valence-corrected chi connectivity index (χ3v) is 1.33. The van der Waals surface area contributed by atoms with Crippen molar-refractivity contribution in [3.05, 3.63) is 24.3 Å². The molecule has 1 aliphatic rings. The average molecular weight is 592 g/mol. The first-order chi connectivity index (χ1) is 12.8. The van der Waals surface area contributed by atoms with E-state index in [0.717, 1.165) is 0 Å². The zero-order chi connectivity index (χ0) is 24.6. The first kappa shape index (κ1) is 43.4. The van der Waals surface area contributed by atoms with Gasteiger partial charge in [0.2, 0.25) is 0 Å². The first-order valence-corrected chi connectivity index (χ1v) is 10.3. The Kier molecular flexibility index (Phi) is 41.2. The molecule has 0 saturated carbocycles.